The van der Waals surface area contributed by atoms with E-state index in [-0.39, 0.29) is 0 Å². The van der Waals surface area contributed by atoms with Crippen LogP contribution in [0.15, 0.2) is 17.5 Å². The molecule has 0 spiro atoms. The first kappa shape index (κ1) is 12.5. The zero-order chi connectivity index (χ0) is 13.6. The van der Waals surface area contributed by atoms with Gasteiger partial charge in [-0.05, 0) is 23.9 Å². The van der Waals surface area contributed by atoms with Gasteiger partial charge in [0.15, 0.2) is 5.82 Å². The Bertz CT molecular complexity index is 780. The van der Waals surface area contributed by atoms with Crippen LogP contribution in [0.2, 0.25) is 5.15 Å². The molecule has 19 heavy (non-hydrogen) atoms. The van der Waals surface area contributed by atoms with Crippen LogP contribution in [0.5, 0.6) is 0 Å². The highest BCUT2D eigenvalue weighted by molar-refractivity contribution is 7.20. The average Bonchev–Trinajstić information content (AvgIpc) is 2.96. The number of primary amides is 1. The Balaban J connectivity index is 2.30. The zero-order valence-electron chi connectivity index (χ0n) is 9.81. The maximum Gasteiger partial charge on any atom is 0.259 e. The SMILES string of the molecule is Cc1c(C(N)=O)sc2nc(-c3cccs3)nc(Cl)c12. The number of rotatable bonds is 2. The standard InChI is InChI=1S/C12H8ClN3OS2/c1-5-7-9(13)15-11(6-3-2-4-18-6)16-12(7)19-8(5)10(14)17/h2-4H,1H3,(H2,14,17). The number of amides is 1. The van der Waals surface area contributed by atoms with Gasteiger partial charge in [-0.1, -0.05) is 17.7 Å². The number of hydrogen-bond donors (Lipinski definition) is 1. The minimum absolute atomic E-state index is 0.356. The Morgan fingerprint density at radius 3 is 2.84 bits per heavy atom. The van der Waals surface area contributed by atoms with Crippen LogP contribution in [0.1, 0.15) is 15.2 Å². The van der Waals surface area contributed by atoms with E-state index in [4.69, 9.17) is 17.3 Å². The van der Waals surface area contributed by atoms with Crippen molar-refractivity contribution < 1.29 is 4.79 Å². The molecule has 3 aromatic rings. The first-order valence-corrected chi connectivity index (χ1v) is 7.45. The Morgan fingerprint density at radius 2 is 2.21 bits per heavy atom. The van der Waals surface area contributed by atoms with Gasteiger partial charge >= 0.3 is 0 Å². The fraction of sp³-hybridized carbons (Fsp3) is 0.0833. The number of nitrogens with two attached hydrogens (primary N) is 1. The topological polar surface area (TPSA) is 68.9 Å². The number of halogens is 1. The van der Waals surface area contributed by atoms with Gasteiger partial charge in [-0.25, -0.2) is 9.97 Å². The molecule has 0 aliphatic heterocycles. The summed E-state index contributed by atoms with van der Waals surface area (Å²) < 4.78 is 0. The monoisotopic (exact) mass is 309 g/mol. The van der Waals surface area contributed by atoms with Crippen LogP contribution in [0, 0.1) is 6.92 Å². The van der Waals surface area contributed by atoms with Crippen molar-refractivity contribution in [3.8, 4) is 10.7 Å². The summed E-state index contributed by atoms with van der Waals surface area (Å²) in [6.45, 7) is 1.80. The van der Waals surface area contributed by atoms with Crippen LogP contribution in [0.3, 0.4) is 0 Å². The van der Waals surface area contributed by atoms with E-state index in [1.54, 1.807) is 6.92 Å². The van der Waals surface area contributed by atoms with Crippen molar-refractivity contribution >= 4 is 50.4 Å². The average molecular weight is 310 g/mol. The van der Waals surface area contributed by atoms with E-state index in [2.05, 4.69) is 9.97 Å². The van der Waals surface area contributed by atoms with Gasteiger partial charge in [-0.15, -0.1) is 22.7 Å². The molecule has 0 aromatic carbocycles. The van der Waals surface area contributed by atoms with Gasteiger partial charge in [-0.2, -0.15) is 0 Å². The lowest BCUT2D eigenvalue weighted by atomic mass is 10.2. The Kier molecular flexibility index (Phi) is 3.00. The Morgan fingerprint density at radius 1 is 1.42 bits per heavy atom. The maximum atomic E-state index is 11.4. The van der Waals surface area contributed by atoms with E-state index in [0.29, 0.717) is 26.1 Å². The highest BCUT2D eigenvalue weighted by Gasteiger charge is 2.18. The van der Waals surface area contributed by atoms with Crippen LogP contribution < -0.4 is 5.73 Å². The van der Waals surface area contributed by atoms with Crippen LogP contribution in [0.25, 0.3) is 20.9 Å². The van der Waals surface area contributed by atoms with Crippen molar-refractivity contribution in [2.75, 3.05) is 0 Å². The van der Waals surface area contributed by atoms with Crippen molar-refractivity contribution in [2.45, 2.75) is 6.92 Å². The van der Waals surface area contributed by atoms with Gasteiger partial charge in [0.25, 0.3) is 5.91 Å². The molecule has 0 aliphatic rings. The number of hydrogen-bond acceptors (Lipinski definition) is 5. The fourth-order valence-electron chi connectivity index (χ4n) is 1.84. The first-order valence-electron chi connectivity index (χ1n) is 5.38. The van der Waals surface area contributed by atoms with Crippen molar-refractivity contribution in [3.05, 3.63) is 33.1 Å². The second-order valence-corrected chi connectivity index (χ2v) is 6.22. The summed E-state index contributed by atoms with van der Waals surface area (Å²) in [5.74, 6) is 0.110. The van der Waals surface area contributed by atoms with Gasteiger partial charge < -0.3 is 5.73 Å². The number of nitrogens with zero attached hydrogens (tertiary/aromatic N) is 2. The molecular formula is C12H8ClN3OS2. The molecule has 3 rings (SSSR count). The zero-order valence-corrected chi connectivity index (χ0v) is 12.2. The molecule has 0 saturated carbocycles. The third kappa shape index (κ3) is 2.01. The summed E-state index contributed by atoms with van der Waals surface area (Å²) in [6.07, 6.45) is 0. The number of carbonyl (C=O) groups excluding carboxylic acids is 1. The maximum absolute atomic E-state index is 11.4. The Hall–Kier alpha value is -1.50. The number of carbonyl (C=O) groups is 1. The predicted octanol–water partition coefficient (Wildman–Crippen LogP) is 3.48. The molecule has 3 aromatic heterocycles. The predicted molar refractivity (Wildman–Crippen MR) is 79.0 cm³/mol. The summed E-state index contributed by atoms with van der Waals surface area (Å²) in [7, 11) is 0. The van der Waals surface area contributed by atoms with Crippen molar-refractivity contribution in [1.82, 2.24) is 9.97 Å². The van der Waals surface area contributed by atoms with E-state index in [1.165, 1.54) is 22.7 Å². The number of thiophene rings is 2. The molecule has 0 fully saturated rings. The van der Waals surface area contributed by atoms with Crippen LogP contribution in [0.4, 0.5) is 0 Å². The molecule has 0 unspecified atom stereocenters. The number of aryl methyl sites for hydroxylation is 1. The fourth-order valence-corrected chi connectivity index (χ4v) is 3.90. The summed E-state index contributed by atoms with van der Waals surface area (Å²) in [6, 6.07) is 3.85. The molecular weight excluding hydrogens is 302 g/mol. The van der Waals surface area contributed by atoms with Gasteiger partial charge in [0.2, 0.25) is 0 Å². The largest absolute Gasteiger partial charge is 0.365 e. The molecule has 3 heterocycles. The summed E-state index contributed by atoms with van der Waals surface area (Å²) in [4.78, 5) is 22.2. The quantitative estimate of drug-likeness (QED) is 0.737. The smallest absolute Gasteiger partial charge is 0.259 e. The van der Waals surface area contributed by atoms with Crippen LogP contribution in [-0.4, -0.2) is 15.9 Å². The molecule has 0 saturated heterocycles. The summed E-state index contributed by atoms with van der Waals surface area (Å²) in [5, 5.41) is 3.01. The number of aromatic nitrogens is 2. The second-order valence-electron chi connectivity index (χ2n) is 3.92. The number of fused-ring (bicyclic) bond motifs is 1. The Labute approximate surface area is 121 Å². The minimum Gasteiger partial charge on any atom is -0.365 e. The van der Waals surface area contributed by atoms with E-state index in [0.717, 1.165) is 10.4 Å². The van der Waals surface area contributed by atoms with Gasteiger partial charge in [0.05, 0.1) is 15.1 Å². The van der Waals surface area contributed by atoms with Crippen LogP contribution >= 0.6 is 34.3 Å². The second kappa shape index (κ2) is 4.56. The lowest BCUT2D eigenvalue weighted by molar-refractivity contribution is 0.100. The van der Waals surface area contributed by atoms with Gasteiger partial charge in [0.1, 0.15) is 9.98 Å². The van der Waals surface area contributed by atoms with Crippen molar-refractivity contribution in [2.24, 2.45) is 5.73 Å². The highest BCUT2D eigenvalue weighted by atomic mass is 35.5. The molecule has 7 heteroatoms. The molecule has 4 nitrogen and oxygen atoms in total. The van der Waals surface area contributed by atoms with E-state index in [1.807, 2.05) is 17.5 Å². The van der Waals surface area contributed by atoms with Gasteiger partial charge in [-0.3, -0.25) is 4.79 Å². The first-order chi connectivity index (χ1) is 9.08. The summed E-state index contributed by atoms with van der Waals surface area (Å²) >= 11 is 9.00. The third-order valence-corrected chi connectivity index (χ3v) is 5.05. The molecule has 1 amide bonds. The van der Waals surface area contributed by atoms with Crippen molar-refractivity contribution in [3.63, 3.8) is 0 Å². The molecule has 0 aliphatic carbocycles. The lowest BCUT2D eigenvalue weighted by Gasteiger charge is -1.99. The minimum atomic E-state index is -0.464. The normalized spacial score (nSPS) is 11.1. The van der Waals surface area contributed by atoms with Gasteiger partial charge in [0, 0.05) is 0 Å². The summed E-state index contributed by atoms with van der Waals surface area (Å²) in [5.41, 5.74) is 6.09. The molecule has 0 atom stereocenters. The van der Waals surface area contributed by atoms with E-state index < -0.39 is 5.91 Å². The molecule has 2 N–H and O–H groups in total. The third-order valence-electron chi connectivity index (χ3n) is 2.71. The van der Waals surface area contributed by atoms with Crippen molar-refractivity contribution in [1.29, 1.82) is 0 Å². The molecule has 0 radical (unpaired) electrons. The molecule has 0 bridgehead atoms. The van der Waals surface area contributed by atoms with Crippen LogP contribution in [-0.2, 0) is 0 Å². The lowest BCUT2D eigenvalue weighted by Crippen LogP contribution is -2.09. The molecule has 96 valence electrons. The highest BCUT2D eigenvalue weighted by Crippen LogP contribution is 2.35. The van der Waals surface area contributed by atoms with E-state index in [9.17, 15) is 4.79 Å². The van der Waals surface area contributed by atoms with E-state index >= 15 is 0 Å².